The van der Waals surface area contributed by atoms with Gasteiger partial charge in [-0.3, -0.25) is 0 Å². The number of rotatable bonds is 16. The Morgan fingerprint density at radius 1 is 0.931 bits per heavy atom. The van der Waals surface area contributed by atoms with Crippen molar-refractivity contribution in [1.29, 1.82) is 0 Å². The lowest BCUT2D eigenvalue weighted by Crippen LogP contribution is -2.33. The van der Waals surface area contributed by atoms with Crippen LogP contribution in [-0.2, 0) is 19.0 Å². The van der Waals surface area contributed by atoms with Gasteiger partial charge in [-0.25, -0.2) is 4.18 Å². The molecule has 0 amide bonds. The van der Waals surface area contributed by atoms with Crippen LogP contribution < -0.4 is 0 Å². The zero-order valence-electron chi connectivity index (χ0n) is 18.6. The molecule has 0 bridgehead atoms. The minimum Gasteiger partial charge on any atom is -0.348 e. The fourth-order valence-corrected chi connectivity index (χ4v) is 5.24. The zero-order valence-corrected chi connectivity index (χ0v) is 20.2. The van der Waals surface area contributed by atoms with Crippen LogP contribution in [0, 0.1) is 6.92 Å². The molecule has 1 aromatic carbocycles. The van der Waals surface area contributed by atoms with Gasteiger partial charge in [0.15, 0.2) is 6.79 Å². The van der Waals surface area contributed by atoms with E-state index in [-0.39, 0.29) is 22.3 Å². The first-order valence-corrected chi connectivity index (χ1v) is 12.9. The molecule has 0 unspecified atom stereocenters. The first-order chi connectivity index (χ1) is 13.8. The molecule has 0 spiro atoms. The third-order valence-electron chi connectivity index (χ3n) is 5.60. The van der Waals surface area contributed by atoms with Gasteiger partial charge in [0, 0.05) is 0 Å². The summed E-state index contributed by atoms with van der Waals surface area (Å²) in [4.78, 5) is 0.0262. The van der Waals surface area contributed by atoms with E-state index >= 15 is 0 Å². The summed E-state index contributed by atoms with van der Waals surface area (Å²) >= 11 is 6.11. The second kappa shape index (κ2) is 13.6. The van der Waals surface area contributed by atoms with Crippen molar-refractivity contribution < 1.29 is 17.3 Å². The van der Waals surface area contributed by atoms with Crippen molar-refractivity contribution in [2.45, 2.75) is 109 Å². The summed E-state index contributed by atoms with van der Waals surface area (Å²) in [5.41, 5.74) is 0.241. The van der Waals surface area contributed by atoms with Crippen molar-refractivity contribution in [1.82, 2.24) is 0 Å². The number of benzene rings is 1. The molecule has 1 rings (SSSR count). The molecule has 1 aromatic rings. The van der Waals surface area contributed by atoms with Crippen LogP contribution in [0.2, 0.25) is 5.02 Å². The molecule has 0 heterocycles. The van der Waals surface area contributed by atoms with Crippen molar-refractivity contribution >= 4 is 21.7 Å². The number of aryl methyl sites for hydroxylation is 1. The van der Waals surface area contributed by atoms with Crippen molar-refractivity contribution in [3.8, 4) is 0 Å². The average Bonchev–Trinajstić information content (AvgIpc) is 2.67. The van der Waals surface area contributed by atoms with Crippen molar-refractivity contribution in [2.75, 3.05) is 6.79 Å². The Hall–Kier alpha value is -0.620. The minimum atomic E-state index is -3.97. The first-order valence-electron chi connectivity index (χ1n) is 11.1. The highest BCUT2D eigenvalue weighted by atomic mass is 35.5. The molecule has 0 fully saturated rings. The largest absolute Gasteiger partial charge is 0.348 e. The average molecular weight is 447 g/mol. The topological polar surface area (TPSA) is 52.6 Å². The molecule has 0 aliphatic carbocycles. The monoisotopic (exact) mass is 446 g/mol. The second-order valence-corrected chi connectivity index (χ2v) is 9.84. The van der Waals surface area contributed by atoms with E-state index in [1.807, 2.05) is 0 Å². The maximum atomic E-state index is 12.7. The Balaban J connectivity index is 2.78. The molecule has 0 aliphatic rings. The third-order valence-corrected chi connectivity index (χ3v) is 7.47. The third kappa shape index (κ3) is 8.95. The van der Waals surface area contributed by atoms with Crippen LogP contribution in [0.4, 0.5) is 0 Å². The van der Waals surface area contributed by atoms with E-state index in [2.05, 4.69) is 20.8 Å². The number of hydrogen-bond acceptors (Lipinski definition) is 4. The minimum absolute atomic E-state index is 0.0262. The van der Waals surface area contributed by atoms with Gasteiger partial charge in [0.1, 0.15) is 4.90 Å². The van der Waals surface area contributed by atoms with Crippen molar-refractivity contribution in [3.05, 3.63) is 28.8 Å². The fraction of sp³-hybridized carbons (Fsp3) is 0.739. The standard InChI is InChI=1S/C23H39ClO4S/c1-5-8-10-12-17-23(7-3,18-13-11-9-6-2)27-19-28-29(25,26)22-20(4)15-14-16-21(22)24/h14-16H,5-13,17-19H2,1-4H3. The number of ether oxygens (including phenoxy) is 1. The summed E-state index contributed by atoms with van der Waals surface area (Å²) in [6, 6.07) is 4.99. The molecular formula is C23H39ClO4S. The van der Waals surface area contributed by atoms with Gasteiger partial charge >= 0.3 is 10.1 Å². The molecular weight excluding hydrogens is 408 g/mol. The Labute approximate surface area is 183 Å². The Morgan fingerprint density at radius 3 is 2.00 bits per heavy atom. The summed E-state index contributed by atoms with van der Waals surface area (Å²) in [6.07, 6.45) is 12.1. The summed E-state index contributed by atoms with van der Waals surface area (Å²) in [6.45, 7) is 7.95. The van der Waals surface area contributed by atoms with Crippen molar-refractivity contribution in [2.24, 2.45) is 0 Å². The number of halogens is 1. The van der Waals surface area contributed by atoms with Gasteiger partial charge in [0.05, 0.1) is 10.6 Å². The smallest absolute Gasteiger partial charge is 0.300 e. The highest BCUT2D eigenvalue weighted by Gasteiger charge is 2.30. The normalized spacial score (nSPS) is 12.4. The van der Waals surface area contributed by atoms with E-state index in [0.29, 0.717) is 5.56 Å². The summed E-state index contributed by atoms with van der Waals surface area (Å²) in [5, 5.41) is 0.172. The lowest BCUT2D eigenvalue weighted by Gasteiger charge is -2.33. The molecule has 0 saturated heterocycles. The summed E-state index contributed by atoms with van der Waals surface area (Å²) < 4.78 is 36.7. The second-order valence-electron chi connectivity index (χ2n) is 7.88. The van der Waals surface area contributed by atoms with Gasteiger partial charge in [0.25, 0.3) is 0 Å². The lowest BCUT2D eigenvalue weighted by atomic mass is 9.87. The first kappa shape index (κ1) is 26.4. The molecule has 29 heavy (non-hydrogen) atoms. The van der Waals surface area contributed by atoms with E-state index < -0.39 is 10.1 Å². The Morgan fingerprint density at radius 2 is 1.52 bits per heavy atom. The van der Waals surface area contributed by atoms with E-state index in [1.165, 1.54) is 38.5 Å². The van der Waals surface area contributed by atoms with E-state index in [1.54, 1.807) is 25.1 Å². The predicted molar refractivity (Wildman–Crippen MR) is 121 cm³/mol. The number of hydrogen-bond donors (Lipinski definition) is 0. The van der Waals surface area contributed by atoms with Gasteiger partial charge < -0.3 is 4.74 Å². The molecule has 6 heteroatoms. The maximum absolute atomic E-state index is 12.7. The highest BCUT2D eigenvalue weighted by Crippen LogP contribution is 2.32. The molecule has 0 aliphatic heterocycles. The zero-order chi connectivity index (χ0) is 21.8. The molecule has 0 aromatic heterocycles. The van der Waals surface area contributed by atoms with Gasteiger partial charge in [-0.1, -0.05) is 95.9 Å². The fourth-order valence-electron chi connectivity index (χ4n) is 3.68. The van der Waals surface area contributed by atoms with Crippen LogP contribution in [0.25, 0.3) is 0 Å². The summed E-state index contributed by atoms with van der Waals surface area (Å²) in [5.74, 6) is 0. The van der Waals surface area contributed by atoms with E-state index in [9.17, 15) is 8.42 Å². The maximum Gasteiger partial charge on any atom is 0.300 e. The highest BCUT2D eigenvalue weighted by molar-refractivity contribution is 7.87. The van der Waals surface area contributed by atoms with Gasteiger partial charge in [0.2, 0.25) is 0 Å². The Bertz CT molecular complexity index is 656. The van der Waals surface area contributed by atoms with E-state index in [4.69, 9.17) is 20.5 Å². The van der Waals surface area contributed by atoms with Gasteiger partial charge in [-0.2, -0.15) is 8.42 Å². The lowest BCUT2D eigenvalue weighted by molar-refractivity contribution is -0.117. The van der Waals surface area contributed by atoms with Crippen LogP contribution in [-0.4, -0.2) is 20.8 Å². The SMILES string of the molecule is CCCCCCC(CC)(CCCCCC)OCOS(=O)(=O)c1c(C)cccc1Cl. The van der Waals surface area contributed by atoms with Crippen LogP contribution >= 0.6 is 11.6 Å². The Kier molecular flexibility index (Phi) is 12.4. The summed E-state index contributed by atoms with van der Waals surface area (Å²) in [7, 11) is -3.97. The molecule has 0 atom stereocenters. The molecule has 4 nitrogen and oxygen atoms in total. The van der Waals surface area contributed by atoms with Crippen molar-refractivity contribution in [3.63, 3.8) is 0 Å². The molecule has 168 valence electrons. The van der Waals surface area contributed by atoms with Crippen LogP contribution in [0.3, 0.4) is 0 Å². The predicted octanol–water partition coefficient (Wildman–Crippen LogP) is 7.42. The van der Waals surface area contributed by atoms with Gasteiger partial charge in [-0.15, -0.1) is 0 Å². The molecule has 0 saturated carbocycles. The molecule has 0 radical (unpaired) electrons. The van der Waals surface area contributed by atoms with Crippen LogP contribution in [0.15, 0.2) is 23.1 Å². The molecule has 0 N–H and O–H groups in total. The number of unbranched alkanes of at least 4 members (excludes halogenated alkanes) is 6. The quantitative estimate of drug-likeness (QED) is 0.150. The van der Waals surface area contributed by atoms with Crippen LogP contribution in [0.5, 0.6) is 0 Å². The van der Waals surface area contributed by atoms with Crippen LogP contribution in [0.1, 0.15) is 97.0 Å². The van der Waals surface area contributed by atoms with Gasteiger partial charge in [-0.05, 0) is 37.8 Å². The van der Waals surface area contributed by atoms with E-state index in [0.717, 1.165) is 32.1 Å².